The molecule has 3 aromatic heterocycles. The van der Waals surface area contributed by atoms with Gasteiger partial charge < -0.3 is 14.2 Å². The van der Waals surface area contributed by atoms with Crippen molar-refractivity contribution in [3.63, 3.8) is 0 Å². The number of nitrogens with zero attached hydrogens (tertiary/aromatic N) is 6. The van der Waals surface area contributed by atoms with Gasteiger partial charge in [0.2, 0.25) is 23.4 Å². The Morgan fingerprint density at radius 3 is 2.68 bits per heavy atom. The van der Waals surface area contributed by atoms with Crippen molar-refractivity contribution in [3.05, 3.63) is 48.2 Å². The number of aromatic nitrogens is 5. The van der Waals surface area contributed by atoms with Crippen molar-refractivity contribution in [2.45, 2.75) is 5.92 Å². The van der Waals surface area contributed by atoms with Gasteiger partial charge in [0.1, 0.15) is 5.56 Å². The zero-order valence-electron chi connectivity index (χ0n) is 13.4. The maximum Gasteiger partial charge on any atom is 0.259 e. The van der Waals surface area contributed by atoms with Crippen molar-refractivity contribution in [1.29, 1.82) is 0 Å². The molecule has 1 aliphatic heterocycles. The van der Waals surface area contributed by atoms with E-state index in [0.29, 0.717) is 42.1 Å². The van der Waals surface area contributed by atoms with E-state index in [-0.39, 0.29) is 11.8 Å². The molecule has 4 rings (SSSR count). The fourth-order valence-corrected chi connectivity index (χ4v) is 2.59. The fourth-order valence-electron chi connectivity index (χ4n) is 2.59. The second-order valence-corrected chi connectivity index (χ2v) is 5.50. The van der Waals surface area contributed by atoms with Gasteiger partial charge in [-0.15, -0.1) is 0 Å². The summed E-state index contributed by atoms with van der Waals surface area (Å²) < 4.78 is 10.4. The zero-order chi connectivity index (χ0) is 17.2. The van der Waals surface area contributed by atoms with Crippen molar-refractivity contribution in [2.75, 3.05) is 20.2 Å². The lowest BCUT2D eigenvalue weighted by Gasteiger charge is -2.37. The van der Waals surface area contributed by atoms with Crippen LogP contribution in [-0.4, -0.2) is 56.1 Å². The Bertz CT molecular complexity index is 892. The molecule has 9 heteroatoms. The Hall–Kier alpha value is -3.36. The summed E-state index contributed by atoms with van der Waals surface area (Å²) in [7, 11) is 1.49. The SMILES string of the molecule is COc1ncccc1C(=O)N1CC(c2nc(-c3ncccn3)no2)C1. The first-order chi connectivity index (χ1) is 12.3. The van der Waals surface area contributed by atoms with E-state index in [1.165, 1.54) is 7.11 Å². The monoisotopic (exact) mass is 338 g/mol. The predicted molar refractivity (Wildman–Crippen MR) is 84.8 cm³/mol. The van der Waals surface area contributed by atoms with Gasteiger partial charge in [-0.25, -0.2) is 15.0 Å². The number of amides is 1. The number of pyridine rings is 1. The third kappa shape index (κ3) is 2.80. The summed E-state index contributed by atoms with van der Waals surface area (Å²) in [5.41, 5.74) is 0.437. The van der Waals surface area contributed by atoms with Crippen LogP contribution in [0.15, 0.2) is 41.3 Å². The molecule has 9 nitrogen and oxygen atoms in total. The Labute approximate surface area is 142 Å². The molecule has 3 aromatic rings. The number of hydrogen-bond acceptors (Lipinski definition) is 8. The molecule has 4 heterocycles. The largest absolute Gasteiger partial charge is 0.480 e. The van der Waals surface area contributed by atoms with Crippen LogP contribution in [0.5, 0.6) is 5.88 Å². The first-order valence-electron chi connectivity index (χ1n) is 7.65. The molecule has 126 valence electrons. The second-order valence-electron chi connectivity index (χ2n) is 5.50. The molecule has 0 atom stereocenters. The van der Waals surface area contributed by atoms with E-state index in [9.17, 15) is 4.79 Å². The minimum atomic E-state index is -0.132. The Balaban J connectivity index is 1.44. The second kappa shape index (κ2) is 6.27. The van der Waals surface area contributed by atoms with E-state index in [1.807, 2.05) is 0 Å². The minimum Gasteiger partial charge on any atom is -0.480 e. The van der Waals surface area contributed by atoms with Crippen molar-refractivity contribution >= 4 is 5.91 Å². The highest BCUT2D eigenvalue weighted by atomic mass is 16.5. The lowest BCUT2D eigenvalue weighted by molar-refractivity contribution is 0.0565. The van der Waals surface area contributed by atoms with Gasteiger partial charge in [-0.2, -0.15) is 4.98 Å². The van der Waals surface area contributed by atoms with Crippen molar-refractivity contribution in [3.8, 4) is 17.5 Å². The van der Waals surface area contributed by atoms with Crippen molar-refractivity contribution < 1.29 is 14.1 Å². The van der Waals surface area contributed by atoms with Crippen LogP contribution in [0.3, 0.4) is 0 Å². The highest BCUT2D eigenvalue weighted by Gasteiger charge is 2.37. The van der Waals surface area contributed by atoms with Crippen LogP contribution < -0.4 is 4.74 Å². The van der Waals surface area contributed by atoms with Gasteiger partial charge in [-0.1, -0.05) is 5.16 Å². The molecule has 25 heavy (non-hydrogen) atoms. The highest BCUT2D eigenvalue weighted by Crippen LogP contribution is 2.29. The number of hydrogen-bond donors (Lipinski definition) is 0. The smallest absolute Gasteiger partial charge is 0.259 e. The molecule has 0 aliphatic carbocycles. The van der Waals surface area contributed by atoms with E-state index >= 15 is 0 Å². The number of carbonyl (C=O) groups excluding carboxylic acids is 1. The number of carbonyl (C=O) groups is 1. The normalized spacial score (nSPS) is 14.2. The average molecular weight is 338 g/mol. The molecule has 0 saturated carbocycles. The summed E-state index contributed by atoms with van der Waals surface area (Å²) in [6.07, 6.45) is 4.81. The van der Waals surface area contributed by atoms with Gasteiger partial charge >= 0.3 is 0 Å². The molecule has 0 spiro atoms. The summed E-state index contributed by atoms with van der Waals surface area (Å²) in [5.74, 6) is 1.41. The summed E-state index contributed by atoms with van der Waals surface area (Å²) in [6.45, 7) is 0.988. The summed E-state index contributed by atoms with van der Waals surface area (Å²) >= 11 is 0. The van der Waals surface area contributed by atoms with Crippen LogP contribution in [-0.2, 0) is 0 Å². The Kier molecular flexibility index (Phi) is 3.81. The number of likely N-dealkylation sites (tertiary alicyclic amines) is 1. The molecule has 0 unspecified atom stereocenters. The highest BCUT2D eigenvalue weighted by molar-refractivity contribution is 5.96. The lowest BCUT2D eigenvalue weighted by Crippen LogP contribution is -2.48. The van der Waals surface area contributed by atoms with Crippen molar-refractivity contribution in [1.82, 2.24) is 30.0 Å². The van der Waals surface area contributed by atoms with Crippen LogP contribution in [0.2, 0.25) is 0 Å². The molecule has 1 saturated heterocycles. The van der Waals surface area contributed by atoms with Crippen LogP contribution in [0.25, 0.3) is 11.6 Å². The van der Waals surface area contributed by atoms with Gasteiger partial charge in [0.15, 0.2) is 0 Å². The fraction of sp³-hybridized carbons (Fsp3) is 0.250. The molecule has 0 bridgehead atoms. The third-order valence-corrected chi connectivity index (χ3v) is 3.92. The van der Waals surface area contributed by atoms with Gasteiger partial charge in [0.25, 0.3) is 5.91 Å². The topological polar surface area (TPSA) is 107 Å². The molecule has 1 amide bonds. The Morgan fingerprint density at radius 2 is 1.92 bits per heavy atom. The van der Waals surface area contributed by atoms with E-state index < -0.39 is 0 Å². The summed E-state index contributed by atoms with van der Waals surface area (Å²) in [4.78, 5) is 30.8. The van der Waals surface area contributed by atoms with E-state index in [0.717, 1.165) is 0 Å². The van der Waals surface area contributed by atoms with Crippen LogP contribution in [0, 0.1) is 0 Å². The van der Waals surface area contributed by atoms with Gasteiger partial charge in [-0.3, -0.25) is 4.79 Å². The van der Waals surface area contributed by atoms with Crippen molar-refractivity contribution in [2.24, 2.45) is 0 Å². The Morgan fingerprint density at radius 1 is 1.16 bits per heavy atom. The first-order valence-corrected chi connectivity index (χ1v) is 7.65. The summed E-state index contributed by atoms with van der Waals surface area (Å²) in [5, 5.41) is 3.90. The lowest BCUT2D eigenvalue weighted by atomic mass is 9.99. The van der Waals surface area contributed by atoms with Gasteiger partial charge in [0.05, 0.1) is 13.0 Å². The minimum absolute atomic E-state index is 0.00317. The van der Waals surface area contributed by atoms with Gasteiger partial charge in [-0.05, 0) is 18.2 Å². The molecular formula is C16H14N6O3. The molecule has 0 aromatic carbocycles. The van der Waals surface area contributed by atoms with Crippen LogP contribution in [0.1, 0.15) is 22.2 Å². The molecule has 0 radical (unpaired) electrons. The third-order valence-electron chi connectivity index (χ3n) is 3.92. The van der Waals surface area contributed by atoms with Crippen LogP contribution >= 0.6 is 0 Å². The predicted octanol–water partition coefficient (Wildman–Crippen LogP) is 1.17. The first kappa shape index (κ1) is 15.2. The maximum atomic E-state index is 12.5. The van der Waals surface area contributed by atoms with E-state index in [1.54, 1.807) is 41.7 Å². The molecule has 0 N–H and O–H groups in total. The standard InChI is InChI=1S/C16H14N6O3/c1-24-15-11(4-2-5-19-15)16(23)22-8-10(9-22)14-20-13(21-25-14)12-17-6-3-7-18-12/h2-7,10H,8-9H2,1H3. The quantitative estimate of drug-likeness (QED) is 0.698. The average Bonchev–Trinajstić information content (AvgIpc) is 3.10. The van der Waals surface area contributed by atoms with E-state index in [2.05, 4.69) is 25.1 Å². The van der Waals surface area contributed by atoms with Crippen LogP contribution in [0.4, 0.5) is 0 Å². The van der Waals surface area contributed by atoms with E-state index in [4.69, 9.17) is 9.26 Å². The summed E-state index contributed by atoms with van der Waals surface area (Å²) in [6, 6.07) is 5.11. The number of methoxy groups -OCH3 is 1. The van der Waals surface area contributed by atoms with Gasteiger partial charge in [0, 0.05) is 31.7 Å². The molecular weight excluding hydrogens is 324 g/mol. The molecule has 1 fully saturated rings. The number of rotatable bonds is 4. The zero-order valence-corrected chi connectivity index (χ0v) is 13.4. The molecule has 1 aliphatic rings. The maximum absolute atomic E-state index is 12.5. The number of ether oxygens (including phenoxy) is 1.